The van der Waals surface area contributed by atoms with E-state index in [2.05, 4.69) is 0 Å². The van der Waals surface area contributed by atoms with E-state index >= 15 is 0 Å². The van der Waals surface area contributed by atoms with Crippen LogP contribution in [0, 0.1) is 5.82 Å². The first-order chi connectivity index (χ1) is 8.09. The average Bonchev–Trinajstić information content (AvgIpc) is 2.79. The summed E-state index contributed by atoms with van der Waals surface area (Å²) in [5, 5.41) is 0. The topological polar surface area (TPSA) is 26.0 Å². The summed E-state index contributed by atoms with van der Waals surface area (Å²) in [5.74, 6) is -0.415. The molecule has 94 valence electrons. The molecule has 1 nitrogen and oxygen atoms in total. The smallest absolute Gasteiger partial charge is 0.263 e. The van der Waals surface area contributed by atoms with Crippen LogP contribution in [0.15, 0.2) is 18.2 Å². The molecule has 1 aliphatic rings. The number of halogens is 3. The van der Waals surface area contributed by atoms with Crippen LogP contribution in [0.25, 0.3) is 0 Å². The van der Waals surface area contributed by atoms with Crippen molar-refractivity contribution in [2.24, 2.45) is 5.73 Å². The van der Waals surface area contributed by atoms with Gasteiger partial charge in [-0.2, -0.15) is 0 Å². The minimum Gasteiger partial charge on any atom is -0.330 e. The van der Waals surface area contributed by atoms with Crippen LogP contribution in [-0.4, -0.2) is 6.54 Å². The number of alkyl halides is 2. The maximum absolute atomic E-state index is 13.8. The Morgan fingerprint density at radius 3 is 2.41 bits per heavy atom. The van der Waals surface area contributed by atoms with E-state index in [1.807, 2.05) is 0 Å². The molecule has 0 aliphatic heterocycles. The second-order valence-electron chi connectivity index (χ2n) is 4.73. The van der Waals surface area contributed by atoms with Gasteiger partial charge in [-0.3, -0.25) is 0 Å². The predicted molar refractivity (Wildman–Crippen MR) is 60.6 cm³/mol. The van der Waals surface area contributed by atoms with E-state index in [1.54, 1.807) is 0 Å². The number of benzene rings is 1. The number of rotatable bonds is 3. The minimum atomic E-state index is -2.56. The normalized spacial score (nSPS) is 18.9. The summed E-state index contributed by atoms with van der Waals surface area (Å²) >= 11 is 0. The maximum atomic E-state index is 13.8. The summed E-state index contributed by atoms with van der Waals surface area (Å²) in [7, 11) is 0. The van der Waals surface area contributed by atoms with E-state index in [9.17, 15) is 13.2 Å². The van der Waals surface area contributed by atoms with Crippen LogP contribution in [0.5, 0.6) is 0 Å². The Morgan fingerprint density at radius 1 is 1.24 bits per heavy atom. The standard InChI is InChI=1S/C13H16F3N/c14-11-4-3-9(12(15)16)7-10(11)13(8-17)5-1-2-6-13/h3-4,7,12H,1-2,5-6,8,17H2. The Kier molecular flexibility index (Phi) is 3.43. The molecule has 0 spiro atoms. The van der Waals surface area contributed by atoms with Crippen molar-refractivity contribution in [1.29, 1.82) is 0 Å². The van der Waals surface area contributed by atoms with Gasteiger partial charge in [-0.25, -0.2) is 13.2 Å². The van der Waals surface area contributed by atoms with Gasteiger partial charge in [0, 0.05) is 17.5 Å². The monoisotopic (exact) mass is 243 g/mol. The van der Waals surface area contributed by atoms with Crippen molar-refractivity contribution < 1.29 is 13.2 Å². The molecule has 1 aromatic carbocycles. The van der Waals surface area contributed by atoms with Crippen molar-refractivity contribution in [2.75, 3.05) is 6.54 Å². The van der Waals surface area contributed by atoms with E-state index in [0.717, 1.165) is 37.8 Å². The van der Waals surface area contributed by atoms with Gasteiger partial charge in [-0.1, -0.05) is 18.9 Å². The molecule has 0 unspecified atom stereocenters. The molecule has 1 aliphatic carbocycles. The van der Waals surface area contributed by atoms with Crippen molar-refractivity contribution in [3.8, 4) is 0 Å². The lowest BCUT2D eigenvalue weighted by Gasteiger charge is -2.28. The highest BCUT2D eigenvalue weighted by Gasteiger charge is 2.36. The fourth-order valence-electron chi connectivity index (χ4n) is 2.72. The molecule has 4 heteroatoms. The summed E-state index contributed by atoms with van der Waals surface area (Å²) in [6, 6.07) is 3.56. The summed E-state index contributed by atoms with van der Waals surface area (Å²) in [4.78, 5) is 0. The van der Waals surface area contributed by atoms with Crippen molar-refractivity contribution in [2.45, 2.75) is 37.5 Å². The van der Waals surface area contributed by atoms with Gasteiger partial charge in [0.1, 0.15) is 5.82 Å². The molecule has 1 aromatic rings. The fourth-order valence-corrected chi connectivity index (χ4v) is 2.72. The van der Waals surface area contributed by atoms with Crippen LogP contribution in [0.1, 0.15) is 43.2 Å². The van der Waals surface area contributed by atoms with E-state index in [1.165, 1.54) is 6.07 Å². The number of hydrogen-bond acceptors (Lipinski definition) is 1. The highest BCUT2D eigenvalue weighted by molar-refractivity contribution is 5.33. The molecule has 17 heavy (non-hydrogen) atoms. The lowest BCUT2D eigenvalue weighted by atomic mass is 9.78. The molecular formula is C13H16F3N. The zero-order valence-corrected chi connectivity index (χ0v) is 9.56. The fraction of sp³-hybridized carbons (Fsp3) is 0.538. The van der Waals surface area contributed by atoms with E-state index in [4.69, 9.17) is 5.73 Å². The van der Waals surface area contributed by atoms with Gasteiger partial charge in [0.25, 0.3) is 6.43 Å². The molecule has 0 atom stereocenters. The molecule has 1 fully saturated rings. The minimum absolute atomic E-state index is 0.124. The number of nitrogens with two attached hydrogens (primary N) is 1. The summed E-state index contributed by atoms with van der Waals surface area (Å²) in [5.41, 5.74) is 5.55. The molecule has 0 heterocycles. The zero-order chi connectivity index (χ0) is 12.5. The third-order valence-electron chi connectivity index (χ3n) is 3.77. The Morgan fingerprint density at radius 2 is 1.88 bits per heavy atom. The largest absolute Gasteiger partial charge is 0.330 e. The van der Waals surface area contributed by atoms with E-state index in [0.29, 0.717) is 12.1 Å². The van der Waals surface area contributed by atoms with E-state index in [-0.39, 0.29) is 5.56 Å². The van der Waals surface area contributed by atoms with Crippen molar-refractivity contribution >= 4 is 0 Å². The second kappa shape index (κ2) is 4.69. The highest BCUT2D eigenvalue weighted by atomic mass is 19.3. The lowest BCUT2D eigenvalue weighted by molar-refractivity contribution is 0.151. The summed E-state index contributed by atoms with van der Waals surface area (Å²) in [6.45, 7) is 0.316. The van der Waals surface area contributed by atoms with Crippen molar-refractivity contribution in [3.63, 3.8) is 0 Å². The van der Waals surface area contributed by atoms with Gasteiger partial charge < -0.3 is 5.73 Å². The lowest BCUT2D eigenvalue weighted by Crippen LogP contribution is -2.33. The van der Waals surface area contributed by atoms with Crippen LogP contribution < -0.4 is 5.73 Å². The Hall–Kier alpha value is -1.03. The third-order valence-corrected chi connectivity index (χ3v) is 3.77. The molecule has 0 bridgehead atoms. The molecule has 0 amide bonds. The van der Waals surface area contributed by atoms with Crippen LogP contribution >= 0.6 is 0 Å². The zero-order valence-electron chi connectivity index (χ0n) is 9.56. The first-order valence-corrected chi connectivity index (χ1v) is 5.87. The number of hydrogen-bond donors (Lipinski definition) is 1. The van der Waals surface area contributed by atoms with Gasteiger partial charge >= 0.3 is 0 Å². The molecular weight excluding hydrogens is 227 g/mol. The quantitative estimate of drug-likeness (QED) is 0.863. The van der Waals surface area contributed by atoms with Crippen LogP contribution in [0.3, 0.4) is 0 Å². The molecule has 1 saturated carbocycles. The molecule has 2 N–H and O–H groups in total. The third kappa shape index (κ3) is 2.18. The van der Waals surface area contributed by atoms with Crippen LogP contribution in [0.4, 0.5) is 13.2 Å². The van der Waals surface area contributed by atoms with Gasteiger partial charge in [0.05, 0.1) is 0 Å². The SMILES string of the molecule is NCC1(c2cc(C(F)F)ccc2F)CCCC1. The Labute approximate surface area is 98.8 Å². The molecule has 0 radical (unpaired) electrons. The average molecular weight is 243 g/mol. The van der Waals surface area contributed by atoms with Crippen LogP contribution in [-0.2, 0) is 5.41 Å². The van der Waals surface area contributed by atoms with Gasteiger partial charge in [-0.05, 0) is 30.5 Å². The highest BCUT2D eigenvalue weighted by Crippen LogP contribution is 2.42. The second-order valence-corrected chi connectivity index (χ2v) is 4.73. The predicted octanol–water partition coefficient (Wildman–Crippen LogP) is 3.53. The van der Waals surface area contributed by atoms with Gasteiger partial charge in [-0.15, -0.1) is 0 Å². The maximum Gasteiger partial charge on any atom is 0.263 e. The Bertz CT molecular complexity index is 398. The summed E-state index contributed by atoms with van der Waals surface area (Å²) < 4.78 is 39.1. The van der Waals surface area contributed by atoms with Gasteiger partial charge in [0.15, 0.2) is 0 Å². The molecule has 0 saturated heterocycles. The van der Waals surface area contributed by atoms with Gasteiger partial charge in [0.2, 0.25) is 0 Å². The van der Waals surface area contributed by atoms with E-state index < -0.39 is 17.7 Å². The summed E-state index contributed by atoms with van der Waals surface area (Å²) in [6.07, 6.45) is 0.969. The van der Waals surface area contributed by atoms with Crippen LogP contribution in [0.2, 0.25) is 0 Å². The van der Waals surface area contributed by atoms with Crippen molar-refractivity contribution in [3.05, 3.63) is 35.1 Å². The first-order valence-electron chi connectivity index (χ1n) is 5.87. The Balaban J connectivity index is 2.45. The molecule has 0 aromatic heterocycles. The molecule has 2 rings (SSSR count). The van der Waals surface area contributed by atoms with Crippen molar-refractivity contribution in [1.82, 2.24) is 0 Å². The first kappa shape index (κ1) is 12.4.